The first kappa shape index (κ1) is 9.76. The van der Waals surface area contributed by atoms with E-state index in [4.69, 9.17) is 0 Å². The van der Waals surface area contributed by atoms with Crippen molar-refractivity contribution < 1.29 is 0 Å². The molecule has 1 nitrogen and oxygen atoms in total. The fraction of sp³-hybridized carbons (Fsp3) is 0.200. The Kier molecular flexibility index (Phi) is 6.10. The number of nitrogens with one attached hydrogen (secondary N) is 1. The minimum Gasteiger partial charge on any atom is -0.382 e. The van der Waals surface area contributed by atoms with Gasteiger partial charge in [-0.25, -0.2) is 0 Å². The molecule has 11 heavy (non-hydrogen) atoms. The van der Waals surface area contributed by atoms with Gasteiger partial charge in [0, 0.05) is 12.2 Å². The molecule has 0 heterocycles. The van der Waals surface area contributed by atoms with Crippen LogP contribution in [0.2, 0.25) is 0 Å². The first-order valence-electron chi connectivity index (χ1n) is 3.65. The summed E-state index contributed by atoms with van der Waals surface area (Å²) in [6.07, 6.45) is 9.46. The van der Waals surface area contributed by atoms with E-state index < -0.39 is 0 Å². The van der Waals surface area contributed by atoms with Crippen LogP contribution < -0.4 is 5.32 Å². The molecule has 0 spiro atoms. The molecule has 0 fully saturated rings. The van der Waals surface area contributed by atoms with Gasteiger partial charge in [0.25, 0.3) is 0 Å². The molecule has 0 aliphatic carbocycles. The molecule has 1 N–H and O–H groups in total. The van der Waals surface area contributed by atoms with Crippen molar-refractivity contribution in [2.75, 3.05) is 6.54 Å². The van der Waals surface area contributed by atoms with Gasteiger partial charge in [-0.15, -0.1) is 6.58 Å². The Labute approximate surface area is 68.8 Å². The van der Waals surface area contributed by atoms with Gasteiger partial charge in [0.05, 0.1) is 0 Å². The van der Waals surface area contributed by atoms with Crippen LogP contribution in [0.15, 0.2) is 49.2 Å². The zero-order chi connectivity index (χ0) is 8.53. The second-order valence-corrected chi connectivity index (χ2v) is 2.03. The molecule has 0 aromatic carbocycles. The van der Waals surface area contributed by atoms with Gasteiger partial charge in [0.2, 0.25) is 0 Å². The number of hydrogen-bond acceptors (Lipinski definition) is 1. The van der Waals surface area contributed by atoms with Gasteiger partial charge >= 0.3 is 0 Å². The molecule has 0 unspecified atom stereocenters. The lowest BCUT2D eigenvalue weighted by molar-refractivity contribution is 0.936. The second-order valence-electron chi connectivity index (χ2n) is 2.03. The van der Waals surface area contributed by atoms with Crippen LogP contribution in [0, 0.1) is 0 Å². The van der Waals surface area contributed by atoms with E-state index in [0.717, 1.165) is 12.2 Å². The zero-order valence-corrected chi connectivity index (χ0v) is 7.01. The monoisotopic (exact) mass is 149 g/mol. The molecule has 0 aromatic heterocycles. The Bertz CT molecular complexity index is 175. The van der Waals surface area contributed by atoms with Crippen LogP contribution in [0.4, 0.5) is 0 Å². The lowest BCUT2D eigenvalue weighted by Crippen LogP contribution is -2.10. The van der Waals surface area contributed by atoms with E-state index in [0.29, 0.717) is 0 Å². The molecule has 0 aliphatic heterocycles. The maximum absolute atomic E-state index is 3.61. The summed E-state index contributed by atoms with van der Waals surface area (Å²) in [5.74, 6) is 0. The molecule has 0 rings (SSSR count). The topological polar surface area (TPSA) is 12.0 Å². The molecule has 0 atom stereocenters. The highest BCUT2D eigenvalue weighted by Crippen LogP contribution is 1.91. The first-order chi connectivity index (χ1) is 5.35. The van der Waals surface area contributed by atoms with Crippen molar-refractivity contribution in [3.8, 4) is 0 Å². The minimum atomic E-state index is 0.782. The third kappa shape index (κ3) is 5.22. The quantitative estimate of drug-likeness (QED) is 0.467. The van der Waals surface area contributed by atoms with Crippen molar-refractivity contribution in [1.29, 1.82) is 0 Å². The second kappa shape index (κ2) is 6.87. The third-order valence-electron chi connectivity index (χ3n) is 1.09. The average molecular weight is 149 g/mol. The van der Waals surface area contributed by atoms with Gasteiger partial charge in [-0.2, -0.15) is 0 Å². The van der Waals surface area contributed by atoms with Crippen LogP contribution in [-0.4, -0.2) is 6.54 Å². The summed E-state index contributed by atoms with van der Waals surface area (Å²) in [4.78, 5) is 0. The van der Waals surface area contributed by atoms with Crippen molar-refractivity contribution in [2.24, 2.45) is 0 Å². The first-order valence-corrected chi connectivity index (χ1v) is 3.65. The predicted molar refractivity (Wildman–Crippen MR) is 51.3 cm³/mol. The van der Waals surface area contributed by atoms with Gasteiger partial charge in [-0.05, 0) is 19.1 Å². The summed E-state index contributed by atoms with van der Waals surface area (Å²) >= 11 is 0. The molecule has 1 heteroatoms. The van der Waals surface area contributed by atoms with Gasteiger partial charge in [-0.1, -0.05) is 24.8 Å². The Morgan fingerprint density at radius 3 is 2.64 bits per heavy atom. The Morgan fingerprint density at radius 2 is 2.18 bits per heavy atom. The maximum atomic E-state index is 3.61. The third-order valence-corrected chi connectivity index (χ3v) is 1.09. The molecule has 0 saturated carbocycles. The Hall–Kier alpha value is -1.24. The molecule has 0 amide bonds. The van der Waals surface area contributed by atoms with E-state index in [9.17, 15) is 0 Å². The smallest absolute Gasteiger partial charge is 0.0339 e. The van der Waals surface area contributed by atoms with Crippen LogP contribution in [0.1, 0.15) is 6.92 Å². The molecule has 0 aliphatic rings. The largest absolute Gasteiger partial charge is 0.382 e. The van der Waals surface area contributed by atoms with Gasteiger partial charge in [0.15, 0.2) is 0 Å². The SMILES string of the molecule is C=C/C=C(\C=C/C)NCC=C. The number of hydrogen-bond donors (Lipinski definition) is 1. The van der Waals surface area contributed by atoms with Gasteiger partial charge < -0.3 is 5.32 Å². The highest BCUT2D eigenvalue weighted by atomic mass is 14.9. The molecule has 0 saturated heterocycles. The summed E-state index contributed by atoms with van der Waals surface area (Å²) in [7, 11) is 0. The molecule has 0 radical (unpaired) electrons. The minimum absolute atomic E-state index is 0.782. The molecular formula is C10H15N. The van der Waals surface area contributed by atoms with Crippen molar-refractivity contribution in [3.63, 3.8) is 0 Å². The summed E-state index contributed by atoms with van der Waals surface area (Å²) in [5, 5.41) is 3.16. The van der Waals surface area contributed by atoms with Crippen LogP contribution in [0.5, 0.6) is 0 Å². The summed E-state index contributed by atoms with van der Waals surface area (Å²) < 4.78 is 0. The predicted octanol–water partition coefficient (Wildman–Crippen LogP) is 2.41. The maximum Gasteiger partial charge on any atom is 0.0339 e. The van der Waals surface area contributed by atoms with Crippen molar-refractivity contribution in [1.82, 2.24) is 5.32 Å². The van der Waals surface area contributed by atoms with Crippen LogP contribution in [-0.2, 0) is 0 Å². The van der Waals surface area contributed by atoms with E-state index in [-0.39, 0.29) is 0 Å². The molecule has 60 valence electrons. The van der Waals surface area contributed by atoms with E-state index >= 15 is 0 Å². The fourth-order valence-corrected chi connectivity index (χ4v) is 0.670. The van der Waals surface area contributed by atoms with Crippen LogP contribution >= 0.6 is 0 Å². The van der Waals surface area contributed by atoms with E-state index in [1.54, 1.807) is 6.08 Å². The average Bonchev–Trinajstić information content (AvgIpc) is 2.01. The Morgan fingerprint density at radius 1 is 1.45 bits per heavy atom. The van der Waals surface area contributed by atoms with E-state index in [1.807, 2.05) is 31.2 Å². The number of allylic oxidation sites excluding steroid dienone is 4. The van der Waals surface area contributed by atoms with Gasteiger partial charge in [-0.3, -0.25) is 0 Å². The molecular weight excluding hydrogens is 134 g/mol. The van der Waals surface area contributed by atoms with Crippen LogP contribution in [0.25, 0.3) is 0 Å². The number of rotatable bonds is 5. The van der Waals surface area contributed by atoms with Crippen molar-refractivity contribution >= 4 is 0 Å². The zero-order valence-electron chi connectivity index (χ0n) is 7.01. The standard InChI is InChI=1S/C10H15N/c1-4-7-10(8-5-2)11-9-6-3/h4-8,11H,1,3,9H2,2H3/b8-5-,10-7+. The van der Waals surface area contributed by atoms with Crippen LogP contribution in [0.3, 0.4) is 0 Å². The highest BCUT2D eigenvalue weighted by molar-refractivity contribution is 5.21. The summed E-state index contributed by atoms with van der Waals surface area (Å²) in [6, 6.07) is 0. The highest BCUT2D eigenvalue weighted by Gasteiger charge is 1.83. The Balaban J connectivity index is 3.98. The van der Waals surface area contributed by atoms with Gasteiger partial charge in [0.1, 0.15) is 0 Å². The van der Waals surface area contributed by atoms with Crippen molar-refractivity contribution in [2.45, 2.75) is 6.92 Å². The molecule has 0 bridgehead atoms. The normalized spacial score (nSPS) is 11.5. The summed E-state index contributed by atoms with van der Waals surface area (Å²) in [6.45, 7) is 9.99. The summed E-state index contributed by atoms with van der Waals surface area (Å²) in [5.41, 5.74) is 1.06. The lowest BCUT2D eigenvalue weighted by atomic mass is 10.3. The van der Waals surface area contributed by atoms with E-state index in [2.05, 4.69) is 18.5 Å². The lowest BCUT2D eigenvalue weighted by Gasteiger charge is -2.01. The van der Waals surface area contributed by atoms with Crippen molar-refractivity contribution in [3.05, 3.63) is 49.2 Å². The fourth-order valence-electron chi connectivity index (χ4n) is 0.670. The van der Waals surface area contributed by atoms with E-state index in [1.165, 1.54) is 0 Å². The molecule has 0 aromatic rings.